The maximum atomic E-state index is 13.6. The van der Waals surface area contributed by atoms with Gasteiger partial charge in [-0.15, -0.1) is 5.10 Å². The van der Waals surface area contributed by atoms with Gasteiger partial charge in [0.2, 0.25) is 5.95 Å². The number of allylic oxidation sites excluding steroid dienone is 1. The van der Waals surface area contributed by atoms with Gasteiger partial charge in [0.05, 0.1) is 18.4 Å². The average molecular weight is 454 g/mol. The Morgan fingerprint density at radius 2 is 1.74 bits per heavy atom. The van der Waals surface area contributed by atoms with E-state index in [1.165, 1.54) is 0 Å². The summed E-state index contributed by atoms with van der Waals surface area (Å²) in [4.78, 5) is 18.3. The van der Waals surface area contributed by atoms with Crippen LogP contribution in [0.3, 0.4) is 0 Å². The molecule has 0 radical (unpaired) electrons. The van der Waals surface area contributed by atoms with Crippen molar-refractivity contribution in [2.24, 2.45) is 0 Å². The van der Waals surface area contributed by atoms with Crippen molar-refractivity contribution in [1.29, 1.82) is 0 Å². The molecule has 3 N–H and O–H groups in total. The van der Waals surface area contributed by atoms with Crippen LogP contribution in [-0.2, 0) is 4.79 Å². The Kier molecular flexibility index (Phi) is 5.47. The van der Waals surface area contributed by atoms with E-state index in [0.717, 1.165) is 11.1 Å². The molecule has 1 aliphatic heterocycles. The molecular formula is C26H23N5O3. The van der Waals surface area contributed by atoms with Crippen LogP contribution in [0, 0.1) is 0 Å². The number of phenols is 1. The van der Waals surface area contributed by atoms with E-state index in [9.17, 15) is 9.90 Å². The van der Waals surface area contributed by atoms with Crippen LogP contribution in [0.4, 0.5) is 11.6 Å². The number of fused-ring (bicyclic) bond motifs is 1. The monoisotopic (exact) mass is 453 g/mol. The maximum Gasteiger partial charge on any atom is 0.255 e. The van der Waals surface area contributed by atoms with Crippen LogP contribution in [0.1, 0.15) is 18.5 Å². The number of hydrogen-bond acceptors (Lipinski definition) is 6. The van der Waals surface area contributed by atoms with Crippen LogP contribution in [-0.4, -0.2) is 32.9 Å². The highest BCUT2D eigenvalue weighted by atomic mass is 16.5. The third kappa shape index (κ3) is 3.86. The number of hydrogen-bond donors (Lipinski definition) is 3. The van der Waals surface area contributed by atoms with Gasteiger partial charge in [0, 0.05) is 11.3 Å². The molecule has 1 amide bonds. The number of amides is 1. The van der Waals surface area contributed by atoms with E-state index in [0.29, 0.717) is 34.5 Å². The fraction of sp³-hybridized carbons (Fsp3) is 0.115. The summed E-state index contributed by atoms with van der Waals surface area (Å²) < 4.78 is 7.10. The van der Waals surface area contributed by atoms with E-state index in [-0.39, 0.29) is 11.7 Å². The molecule has 1 unspecified atom stereocenters. The lowest BCUT2D eigenvalue weighted by atomic mass is 9.95. The van der Waals surface area contributed by atoms with Crippen LogP contribution in [0.2, 0.25) is 0 Å². The van der Waals surface area contributed by atoms with Crippen LogP contribution in [0.15, 0.2) is 90.1 Å². The predicted octanol–water partition coefficient (Wildman–Crippen LogP) is 4.59. The minimum absolute atomic E-state index is 0.141. The Morgan fingerprint density at radius 3 is 2.47 bits per heavy atom. The summed E-state index contributed by atoms with van der Waals surface area (Å²) in [6.45, 7) is 1.84. The number of ether oxygens (including phenoxy) is 1. The SMILES string of the molecule is COc1ccccc1NC(=O)C1=C(C)Nc2nc(-c3ccccc3)nn2C1c1ccc(O)cc1. The first kappa shape index (κ1) is 21.3. The zero-order valence-electron chi connectivity index (χ0n) is 18.7. The van der Waals surface area contributed by atoms with Crippen LogP contribution in [0.25, 0.3) is 11.4 Å². The number of aromatic hydroxyl groups is 1. The zero-order valence-corrected chi connectivity index (χ0v) is 18.7. The Morgan fingerprint density at radius 1 is 1.03 bits per heavy atom. The Hall–Kier alpha value is -4.59. The number of nitrogens with zero attached hydrogens (tertiary/aromatic N) is 3. The quantitative estimate of drug-likeness (QED) is 0.409. The van der Waals surface area contributed by atoms with Crippen LogP contribution in [0.5, 0.6) is 11.5 Å². The van der Waals surface area contributed by atoms with Gasteiger partial charge in [-0.2, -0.15) is 4.98 Å². The zero-order chi connectivity index (χ0) is 23.7. The van der Waals surface area contributed by atoms with E-state index in [1.807, 2.05) is 49.4 Å². The molecule has 0 fully saturated rings. The summed E-state index contributed by atoms with van der Waals surface area (Å²) in [6, 6.07) is 23.1. The van der Waals surface area contributed by atoms with Crippen LogP contribution >= 0.6 is 0 Å². The van der Waals surface area contributed by atoms with E-state index in [4.69, 9.17) is 9.84 Å². The second kappa shape index (κ2) is 8.74. The standard InChI is InChI=1S/C26H23N5O3/c1-16-22(25(33)28-20-10-6-7-11-21(20)34-2)23(17-12-14-19(32)15-13-17)31-26(27-16)29-24(30-31)18-8-4-3-5-9-18/h3-15,23,32H,1-2H3,(H,28,33)(H,27,29,30). The number of aromatic nitrogens is 3. The number of benzene rings is 3. The smallest absolute Gasteiger partial charge is 0.255 e. The molecule has 0 aliphatic carbocycles. The molecule has 8 nitrogen and oxygen atoms in total. The molecule has 0 spiro atoms. The first-order valence-corrected chi connectivity index (χ1v) is 10.8. The Labute approximate surface area is 196 Å². The summed E-state index contributed by atoms with van der Waals surface area (Å²) >= 11 is 0. The highest BCUT2D eigenvalue weighted by Gasteiger charge is 2.34. The molecule has 1 aromatic heterocycles. The van der Waals surface area contributed by atoms with Crippen molar-refractivity contribution in [2.45, 2.75) is 13.0 Å². The van der Waals surface area contributed by atoms with Crippen molar-refractivity contribution in [3.05, 3.63) is 95.7 Å². The van der Waals surface area contributed by atoms with Gasteiger partial charge in [-0.25, -0.2) is 4.68 Å². The molecule has 1 aliphatic rings. The molecule has 8 heteroatoms. The van der Waals surface area contributed by atoms with Crippen molar-refractivity contribution in [1.82, 2.24) is 14.8 Å². The minimum Gasteiger partial charge on any atom is -0.508 e. The highest BCUT2D eigenvalue weighted by Crippen LogP contribution is 2.37. The summed E-state index contributed by atoms with van der Waals surface area (Å²) in [5.41, 5.74) is 3.36. The first-order valence-electron chi connectivity index (χ1n) is 10.8. The molecular weight excluding hydrogens is 430 g/mol. The Balaban J connectivity index is 1.60. The molecule has 34 heavy (non-hydrogen) atoms. The number of para-hydroxylation sites is 2. The Bertz CT molecular complexity index is 1380. The van der Waals surface area contributed by atoms with Crippen LogP contribution < -0.4 is 15.4 Å². The molecule has 0 saturated heterocycles. The summed E-state index contributed by atoms with van der Waals surface area (Å²) in [7, 11) is 1.56. The number of methoxy groups -OCH3 is 1. The second-order valence-electron chi connectivity index (χ2n) is 7.88. The van der Waals surface area contributed by atoms with Gasteiger partial charge in [0.1, 0.15) is 17.5 Å². The molecule has 4 aromatic rings. The largest absolute Gasteiger partial charge is 0.508 e. The van der Waals surface area contributed by atoms with Gasteiger partial charge in [-0.3, -0.25) is 4.79 Å². The fourth-order valence-corrected chi connectivity index (χ4v) is 4.06. The second-order valence-corrected chi connectivity index (χ2v) is 7.88. The molecule has 3 aromatic carbocycles. The number of carbonyl (C=O) groups is 1. The summed E-state index contributed by atoms with van der Waals surface area (Å²) in [5.74, 6) is 1.48. The molecule has 1 atom stereocenters. The average Bonchev–Trinajstić information content (AvgIpc) is 3.28. The van der Waals surface area contributed by atoms with Gasteiger partial charge in [-0.1, -0.05) is 54.6 Å². The van der Waals surface area contributed by atoms with Gasteiger partial charge in [-0.05, 0) is 36.8 Å². The number of phenolic OH excluding ortho intramolecular Hbond substituents is 1. The van der Waals surface area contributed by atoms with Crippen molar-refractivity contribution in [3.8, 4) is 22.9 Å². The lowest BCUT2D eigenvalue weighted by Crippen LogP contribution is -2.31. The van der Waals surface area contributed by atoms with Gasteiger partial charge < -0.3 is 20.5 Å². The van der Waals surface area contributed by atoms with E-state index < -0.39 is 6.04 Å². The lowest BCUT2D eigenvalue weighted by molar-refractivity contribution is -0.113. The normalized spacial score (nSPS) is 14.8. The van der Waals surface area contributed by atoms with Gasteiger partial charge >= 0.3 is 0 Å². The molecule has 2 heterocycles. The summed E-state index contributed by atoms with van der Waals surface area (Å²) in [5, 5.41) is 20.8. The van der Waals surface area contributed by atoms with E-state index >= 15 is 0 Å². The number of anilines is 2. The van der Waals surface area contributed by atoms with Gasteiger partial charge in [0.15, 0.2) is 5.82 Å². The number of rotatable bonds is 5. The van der Waals surface area contributed by atoms with Crippen molar-refractivity contribution >= 4 is 17.5 Å². The topological polar surface area (TPSA) is 101 Å². The number of carbonyl (C=O) groups excluding carboxylic acids is 1. The summed E-state index contributed by atoms with van der Waals surface area (Å²) in [6.07, 6.45) is 0. The van der Waals surface area contributed by atoms with Crippen molar-refractivity contribution in [2.75, 3.05) is 17.7 Å². The predicted molar refractivity (Wildman–Crippen MR) is 130 cm³/mol. The first-order chi connectivity index (χ1) is 16.5. The number of nitrogens with one attached hydrogen (secondary N) is 2. The molecule has 0 saturated carbocycles. The van der Waals surface area contributed by atoms with Crippen molar-refractivity contribution < 1.29 is 14.6 Å². The third-order valence-electron chi connectivity index (χ3n) is 5.69. The highest BCUT2D eigenvalue weighted by molar-refractivity contribution is 6.06. The fourth-order valence-electron chi connectivity index (χ4n) is 4.06. The van der Waals surface area contributed by atoms with Crippen molar-refractivity contribution in [3.63, 3.8) is 0 Å². The molecule has 5 rings (SSSR count). The minimum atomic E-state index is -0.559. The molecule has 0 bridgehead atoms. The lowest BCUT2D eigenvalue weighted by Gasteiger charge is -2.28. The maximum absolute atomic E-state index is 13.6. The third-order valence-corrected chi connectivity index (χ3v) is 5.69. The van der Waals surface area contributed by atoms with E-state index in [1.54, 1.807) is 48.2 Å². The molecule has 170 valence electrons. The van der Waals surface area contributed by atoms with Gasteiger partial charge in [0.25, 0.3) is 5.91 Å². The van der Waals surface area contributed by atoms with E-state index in [2.05, 4.69) is 15.6 Å².